The van der Waals surface area contributed by atoms with Crippen molar-refractivity contribution in [1.29, 1.82) is 0 Å². The van der Waals surface area contributed by atoms with E-state index in [9.17, 15) is 4.79 Å². The minimum absolute atomic E-state index is 0.0447. The highest BCUT2D eigenvalue weighted by atomic mass is 32.2. The predicted molar refractivity (Wildman–Crippen MR) is 96.9 cm³/mol. The number of rotatable bonds is 4. The summed E-state index contributed by atoms with van der Waals surface area (Å²) in [5.74, 6) is 3.77. The zero-order chi connectivity index (χ0) is 15.6. The van der Waals surface area contributed by atoms with Crippen molar-refractivity contribution in [1.82, 2.24) is 0 Å². The van der Waals surface area contributed by atoms with E-state index in [0.717, 1.165) is 17.9 Å². The second kappa shape index (κ2) is 6.65. The second-order valence-corrected chi connectivity index (χ2v) is 8.73. The number of furan rings is 1. The first-order valence-electron chi connectivity index (χ1n) is 7.99. The van der Waals surface area contributed by atoms with E-state index in [1.165, 1.54) is 23.5 Å². The second-order valence-electron chi connectivity index (χ2n) is 6.01. The molecule has 1 aliphatic carbocycles. The molecule has 2 aromatic rings. The SMILES string of the molecule is O=C(Nc1cccc(C2SCCCS2)c1)[C@H]1C[C@@H]1c1ccco1. The Balaban J connectivity index is 1.40. The third-order valence-corrected chi connectivity index (χ3v) is 7.30. The van der Waals surface area contributed by atoms with Crippen LogP contribution in [-0.4, -0.2) is 17.4 Å². The minimum Gasteiger partial charge on any atom is -0.469 e. The molecule has 2 atom stereocenters. The molecule has 1 aromatic carbocycles. The van der Waals surface area contributed by atoms with Crippen LogP contribution < -0.4 is 5.32 Å². The van der Waals surface area contributed by atoms with E-state index in [0.29, 0.717) is 4.58 Å². The highest BCUT2D eigenvalue weighted by molar-refractivity contribution is 8.16. The fourth-order valence-electron chi connectivity index (χ4n) is 2.98. The van der Waals surface area contributed by atoms with E-state index >= 15 is 0 Å². The van der Waals surface area contributed by atoms with Crippen molar-refractivity contribution >= 4 is 35.1 Å². The van der Waals surface area contributed by atoms with Crippen LogP contribution >= 0.6 is 23.5 Å². The van der Waals surface area contributed by atoms with Gasteiger partial charge in [0.2, 0.25) is 5.91 Å². The molecule has 5 heteroatoms. The molecule has 120 valence electrons. The molecule has 2 fully saturated rings. The fourth-order valence-corrected chi connectivity index (χ4v) is 5.85. The average molecular weight is 345 g/mol. The van der Waals surface area contributed by atoms with Gasteiger partial charge in [0, 0.05) is 17.5 Å². The molecule has 1 N–H and O–H groups in total. The highest BCUT2D eigenvalue weighted by Gasteiger charge is 2.45. The van der Waals surface area contributed by atoms with Crippen LogP contribution in [0.5, 0.6) is 0 Å². The zero-order valence-electron chi connectivity index (χ0n) is 12.7. The summed E-state index contributed by atoms with van der Waals surface area (Å²) >= 11 is 4.00. The molecule has 2 heterocycles. The zero-order valence-corrected chi connectivity index (χ0v) is 14.4. The van der Waals surface area contributed by atoms with Gasteiger partial charge in [-0.1, -0.05) is 12.1 Å². The van der Waals surface area contributed by atoms with Crippen LogP contribution in [0.1, 0.15) is 34.7 Å². The number of carbonyl (C=O) groups is 1. The topological polar surface area (TPSA) is 42.2 Å². The maximum Gasteiger partial charge on any atom is 0.228 e. The Kier molecular flexibility index (Phi) is 4.40. The Morgan fingerprint density at radius 2 is 2.04 bits per heavy atom. The van der Waals surface area contributed by atoms with Gasteiger partial charge in [-0.3, -0.25) is 4.79 Å². The molecule has 4 rings (SSSR count). The van der Waals surface area contributed by atoms with E-state index in [2.05, 4.69) is 17.4 Å². The molecule has 1 saturated carbocycles. The van der Waals surface area contributed by atoms with Crippen LogP contribution in [0.2, 0.25) is 0 Å². The Morgan fingerprint density at radius 1 is 1.17 bits per heavy atom. The van der Waals surface area contributed by atoms with E-state index in [1.807, 2.05) is 47.8 Å². The monoisotopic (exact) mass is 345 g/mol. The van der Waals surface area contributed by atoms with Crippen LogP contribution in [0.25, 0.3) is 0 Å². The van der Waals surface area contributed by atoms with Crippen molar-refractivity contribution in [2.24, 2.45) is 5.92 Å². The molecule has 23 heavy (non-hydrogen) atoms. The summed E-state index contributed by atoms with van der Waals surface area (Å²) in [6.45, 7) is 0. The molecule has 1 saturated heterocycles. The molecule has 2 aliphatic rings. The lowest BCUT2D eigenvalue weighted by atomic mass is 10.2. The van der Waals surface area contributed by atoms with E-state index in [4.69, 9.17) is 4.42 Å². The lowest BCUT2D eigenvalue weighted by Gasteiger charge is -2.21. The Labute approximate surface area is 144 Å². The first kappa shape index (κ1) is 15.2. The molecule has 0 radical (unpaired) electrons. The van der Waals surface area contributed by atoms with Gasteiger partial charge < -0.3 is 9.73 Å². The summed E-state index contributed by atoms with van der Waals surface area (Å²) in [5, 5.41) is 3.08. The molecule has 1 amide bonds. The maximum atomic E-state index is 12.4. The van der Waals surface area contributed by atoms with Gasteiger partial charge >= 0.3 is 0 Å². The molecule has 0 bridgehead atoms. The van der Waals surface area contributed by atoms with Crippen molar-refractivity contribution in [3.05, 3.63) is 54.0 Å². The van der Waals surface area contributed by atoms with Crippen LogP contribution in [0.3, 0.4) is 0 Å². The van der Waals surface area contributed by atoms with Crippen molar-refractivity contribution < 1.29 is 9.21 Å². The molecule has 1 aliphatic heterocycles. The van der Waals surface area contributed by atoms with E-state index in [1.54, 1.807) is 6.26 Å². The van der Waals surface area contributed by atoms with Crippen molar-refractivity contribution in [2.75, 3.05) is 16.8 Å². The van der Waals surface area contributed by atoms with E-state index < -0.39 is 0 Å². The number of carbonyl (C=O) groups excluding carboxylic acids is 1. The summed E-state index contributed by atoms with van der Waals surface area (Å²) in [7, 11) is 0. The molecular formula is C18H19NO2S2. The van der Waals surface area contributed by atoms with Gasteiger partial charge in [-0.05, 0) is 54.2 Å². The number of thioether (sulfide) groups is 2. The molecule has 0 unspecified atom stereocenters. The Morgan fingerprint density at radius 3 is 2.83 bits per heavy atom. The van der Waals surface area contributed by atoms with Gasteiger partial charge in [0.1, 0.15) is 5.76 Å². The third-order valence-electron chi connectivity index (χ3n) is 4.29. The summed E-state index contributed by atoms with van der Waals surface area (Å²) in [5.41, 5.74) is 2.21. The average Bonchev–Trinajstić information content (AvgIpc) is 3.22. The number of amides is 1. The van der Waals surface area contributed by atoms with Crippen LogP contribution in [0, 0.1) is 5.92 Å². The number of hydrogen-bond acceptors (Lipinski definition) is 4. The van der Waals surface area contributed by atoms with Crippen molar-refractivity contribution in [3.63, 3.8) is 0 Å². The lowest BCUT2D eigenvalue weighted by molar-refractivity contribution is -0.117. The summed E-state index contributed by atoms with van der Waals surface area (Å²) in [4.78, 5) is 12.4. The standard InChI is InChI=1S/C18H19NO2S2/c20-17(15-11-14(15)16-6-2-7-21-16)19-13-5-1-4-12(10-13)18-22-8-3-9-23-18/h1-2,4-7,10,14-15,18H,3,8-9,11H2,(H,19,20)/t14-,15-/m0/s1. The van der Waals surface area contributed by atoms with E-state index in [-0.39, 0.29) is 17.7 Å². The number of anilines is 1. The normalized spacial score (nSPS) is 24.3. The first-order chi connectivity index (χ1) is 11.3. The van der Waals surface area contributed by atoms with Gasteiger partial charge in [-0.2, -0.15) is 0 Å². The quantitative estimate of drug-likeness (QED) is 0.856. The molecular weight excluding hydrogens is 326 g/mol. The number of nitrogens with one attached hydrogen (secondary N) is 1. The largest absolute Gasteiger partial charge is 0.469 e. The summed E-state index contributed by atoms with van der Waals surface area (Å²) in [6.07, 6.45) is 3.84. The smallest absolute Gasteiger partial charge is 0.228 e. The Hall–Kier alpha value is -1.33. The molecule has 1 aromatic heterocycles. The van der Waals surface area contributed by atoms with Gasteiger partial charge in [0.05, 0.1) is 10.8 Å². The lowest BCUT2D eigenvalue weighted by Crippen LogP contribution is -2.14. The highest BCUT2D eigenvalue weighted by Crippen LogP contribution is 2.48. The fraction of sp³-hybridized carbons (Fsp3) is 0.389. The molecule has 0 spiro atoms. The van der Waals surface area contributed by atoms with Crippen LogP contribution in [0.4, 0.5) is 5.69 Å². The van der Waals surface area contributed by atoms with Crippen molar-refractivity contribution in [3.8, 4) is 0 Å². The first-order valence-corrected chi connectivity index (χ1v) is 10.1. The minimum atomic E-state index is 0.0447. The maximum absolute atomic E-state index is 12.4. The predicted octanol–water partition coefficient (Wildman–Crippen LogP) is 4.89. The van der Waals surface area contributed by atoms with Gasteiger partial charge in [0.25, 0.3) is 0 Å². The van der Waals surface area contributed by atoms with Gasteiger partial charge in [-0.25, -0.2) is 0 Å². The molecule has 3 nitrogen and oxygen atoms in total. The number of hydrogen-bond donors (Lipinski definition) is 1. The van der Waals surface area contributed by atoms with Crippen LogP contribution in [-0.2, 0) is 4.79 Å². The third kappa shape index (κ3) is 3.45. The van der Waals surface area contributed by atoms with Gasteiger partial charge in [-0.15, -0.1) is 23.5 Å². The summed E-state index contributed by atoms with van der Waals surface area (Å²) < 4.78 is 5.90. The Bertz CT molecular complexity index is 680. The summed E-state index contributed by atoms with van der Waals surface area (Å²) in [6, 6.07) is 12.1. The van der Waals surface area contributed by atoms with Crippen LogP contribution in [0.15, 0.2) is 47.1 Å². The number of benzene rings is 1. The van der Waals surface area contributed by atoms with Crippen molar-refractivity contribution in [2.45, 2.75) is 23.3 Å². The van der Waals surface area contributed by atoms with Gasteiger partial charge in [0.15, 0.2) is 0 Å².